The highest BCUT2D eigenvalue weighted by molar-refractivity contribution is 5.46. The lowest BCUT2D eigenvalue weighted by Gasteiger charge is -2.27. The van der Waals surface area contributed by atoms with E-state index in [4.69, 9.17) is 14.5 Å². The van der Waals surface area contributed by atoms with Gasteiger partial charge in [-0.1, -0.05) is 31.2 Å². The molecule has 0 saturated heterocycles. The van der Waals surface area contributed by atoms with E-state index < -0.39 is 0 Å². The summed E-state index contributed by atoms with van der Waals surface area (Å²) in [7, 11) is 1.68. The van der Waals surface area contributed by atoms with Crippen molar-refractivity contribution in [3.63, 3.8) is 0 Å². The van der Waals surface area contributed by atoms with Gasteiger partial charge >= 0.3 is 0 Å². The maximum atomic E-state index is 6.24. The third-order valence-electron chi connectivity index (χ3n) is 5.00. The van der Waals surface area contributed by atoms with E-state index in [1.54, 1.807) is 7.11 Å². The minimum Gasteiger partial charge on any atom is -0.497 e. The number of para-hydroxylation sites is 1. The monoisotopic (exact) mass is 363 g/mol. The van der Waals surface area contributed by atoms with Crippen LogP contribution in [0.5, 0.6) is 17.2 Å². The lowest BCUT2D eigenvalue weighted by molar-refractivity contribution is 0.232. The molecule has 1 aromatic heterocycles. The van der Waals surface area contributed by atoms with Gasteiger partial charge in [-0.25, -0.2) is 4.98 Å². The summed E-state index contributed by atoms with van der Waals surface area (Å²) in [6.45, 7) is 6.62. The molecule has 3 aromatic rings. The third-order valence-corrected chi connectivity index (χ3v) is 5.00. The Labute approximate surface area is 160 Å². The van der Waals surface area contributed by atoms with E-state index in [1.165, 1.54) is 5.56 Å². The number of hydrogen-bond donors (Lipinski definition) is 1. The van der Waals surface area contributed by atoms with Gasteiger partial charge in [-0.2, -0.15) is 0 Å². The Bertz CT molecular complexity index is 948. The molecule has 0 unspecified atom stereocenters. The van der Waals surface area contributed by atoms with Gasteiger partial charge in [-0.15, -0.1) is 0 Å². The van der Waals surface area contributed by atoms with Crippen LogP contribution in [0.15, 0.2) is 42.5 Å². The number of aromatic amines is 1. The molecule has 1 N–H and O–H groups in total. The van der Waals surface area contributed by atoms with Crippen LogP contribution in [0.4, 0.5) is 0 Å². The number of methoxy groups -OCH3 is 1. The third kappa shape index (κ3) is 3.69. The number of H-pyrrole nitrogens is 1. The largest absolute Gasteiger partial charge is 0.497 e. The standard InChI is InChI=1S/C22H25N3O2/c1-4-22-23-15(2)19(24-22)14-25-12-16-7-5-6-8-20(16)27-21-11-18(26-3)10-9-17(21)13-25/h5-11H,4,12-14H2,1-3H3,(H,23,24). The Morgan fingerprint density at radius 3 is 2.63 bits per heavy atom. The topological polar surface area (TPSA) is 50.4 Å². The van der Waals surface area contributed by atoms with Crippen molar-refractivity contribution in [2.45, 2.75) is 39.9 Å². The summed E-state index contributed by atoms with van der Waals surface area (Å²) in [5.41, 5.74) is 4.58. The first-order valence-corrected chi connectivity index (χ1v) is 9.35. The Kier molecular flexibility index (Phi) is 4.86. The average molecular weight is 363 g/mol. The van der Waals surface area contributed by atoms with E-state index in [2.05, 4.69) is 41.9 Å². The lowest BCUT2D eigenvalue weighted by atomic mass is 10.1. The van der Waals surface area contributed by atoms with Gasteiger partial charge in [-0.3, -0.25) is 4.90 Å². The second kappa shape index (κ2) is 7.45. The number of aromatic nitrogens is 2. The maximum absolute atomic E-state index is 6.24. The maximum Gasteiger partial charge on any atom is 0.135 e. The zero-order chi connectivity index (χ0) is 18.8. The van der Waals surface area contributed by atoms with E-state index >= 15 is 0 Å². The van der Waals surface area contributed by atoms with E-state index in [0.717, 1.165) is 66.1 Å². The molecule has 2 aromatic carbocycles. The second-order valence-corrected chi connectivity index (χ2v) is 6.94. The van der Waals surface area contributed by atoms with Gasteiger partial charge in [0.2, 0.25) is 0 Å². The highest BCUT2D eigenvalue weighted by atomic mass is 16.5. The fraction of sp³-hybridized carbons (Fsp3) is 0.318. The minimum absolute atomic E-state index is 0.793. The Balaban J connectivity index is 1.70. The van der Waals surface area contributed by atoms with Crippen molar-refractivity contribution in [1.82, 2.24) is 14.9 Å². The summed E-state index contributed by atoms with van der Waals surface area (Å²) in [6.07, 6.45) is 0.917. The van der Waals surface area contributed by atoms with Crippen LogP contribution in [0.2, 0.25) is 0 Å². The van der Waals surface area contributed by atoms with Gasteiger partial charge in [0, 0.05) is 48.9 Å². The number of aryl methyl sites for hydroxylation is 2. The predicted octanol–water partition coefficient (Wildman–Crippen LogP) is 4.60. The predicted molar refractivity (Wildman–Crippen MR) is 105 cm³/mol. The van der Waals surface area contributed by atoms with Crippen LogP contribution in [0, 0.1) is 6.92 Å². The van der Waals surface area contributed by atoms with E-state index in [9.17, 15) is 0 Å². The van der Waals surface area contributed by atoms with E-state index in [0.29, 0.717) is 0 Å². The molecule has 0 atom stereocenters. The molecule has 0 radical (unpaired) electrons. The van der Waals surface area contributed by atoms with Crippen molar-refractivity contribution in [3.05, 3.63) is 70.8 Å². The molecule has 0 spiro atoms. The highest BCUT2D eigenvalue weighted by Crippen LogP contribution is 2.35. The molecule has 0 bridgehead atoms. The molecule has 5 heteroatoms. The molecule has 5 nitrogen and oxygen atoms in total. The summed E-state index contributed by atoms with van der Waals surface area (Å²) in [5.74, 6) is 3.58. The molecular weight excluding hydrogens is 338 g/mol. The number of hydrogen-bond acceptors (Lipinski definition) is 4. The number of nitrogens with one attached hydrogen (secondary N) is 1. The number of imidazole rings is 1. The van der Waals surface area contributed by atoms with Gasteiger partial charge < -0.3 is 14.5 Å². The number of benzene rings is 2. The molecule has 0 aliphatic carbocycles. The molecule has 0 fully saturated rings. The summed E-state index contributed by atoms with van der Waals surface area (Å²) < 4.78 is 11.6. The van der Waals surface area contributed by atoms with Gasteiger partial charge in [-0.05, 0) is 19.1 Å². The van der Waals surface area contributed by atoms with Crippen molar-refractivity contribution in [3.8, 4) is 17.2 Å². The molecule has 0 amide bonds. The molecule has 1 aliphatic heterocycles. The summed E-state index contributed by atoms with van der Waals surface area (Å²) in [5, 5.41) is 0. The molecular formula is C22H25N3O2. The summed E-state index contributed by atoms with van der Waals surface area (Å²) >= 11 is 0. The van der Waals surface area contributed by atoms with Crippen LogP contribution in [0.1, 0.15) is 35.3 Å². The lowest BCUT2D eigenvalue weighted by Crippen LogP contribution is -2.25. The smallest absolute Gasteiger partial charge is 0.135 e. The fourth-order valence-corrected chi connectivity index (χ4v) is 3.49. The molecule has 140 valence electrons. The molecule has 2 heterocycles. The number of nitrogens with zero attached hydrogens (tertiary/aromatic N) is 2. The summed E-state index contributed by atoms with van der Waals surface area (Å²) in [6, 6.07) is 14.3. The van der Waals surface area contributed by atoms with E-state index in [-0.39, 0.29) is 0 Å². The van der Waals surface area contributed by atoms with Crippen molar-refractivity contribution < 1.29 is 9.47 Å². The quantitative estimate of drug-likeness (QED) is 0.736. The van der Waals surface area contributed by atoms with Gasteiger partial charge in [0.1, 0.15) is 23.1 Å². The Hall–Kier alpha value is -2.79. The normalized spacial score (nSPS) is 13.9. The van der Waals surface area contributed by atoms with Gasteiger partial charge in [0.25, 0.3) is 0 Å². The van der Waals surface area contributed by atoms with Crippen molar-refractivity contribution in [2.24, 2.45) is 0 Å². The van der Waals surface area contributed by atoms with Crippen LogP contribution in [0.3, 0.4) is 0 Å². The SMILES string of the molecule is CCc1nc(CN2Cc3ccccc3Oc3cc(OC)ccc3C2)c(C)[nH]1. The van der Waals surface area contributed by atoms with Crippen LogP contribution in [-0.4, -0.2) is 22.0 Å². The highest BCUT2D eigenvalue weighted by Gasteiger charge is 2.20. The summed E-state index contributed by atoms with van der Waals surface area (Å²) in [4.78, 5) is 10.6. The second-order valence-electron chi connectivity index (χ2n) is 6.94. The first kappa shape index (κ1) is 17.6. The van der Waals surface area contributed by atoms with Crippen LogP contribution in [-0.2, 0) is 26.1 Å². The first-order chi connectivity index (χ1) is 13.2. The number of ether oxygens (including phenoxy) is 2. The Morgan fingerprint density at radius 1 is 1.11 bits per heavy atom. The minimum atomic E-state index is 0.793. The van der Waals surface area contributed by atoms with Crippen molar-refractivity contribution in [1.29, 1.82) is 0 Å². The van der Waals surface area contributed by atoms with Gasteiger partial charge in [0.15, 0.2) is 0 Å². The molecule has 0 saturated carbocycles. The van der Waals surface area contributed by atoms with Crippen LogP contribution in [0.25, 0.3) is 0 Å². The number of fused-ring (bicyclic) bond motifs is 2. The van der Waals surface area contributed by atoms with Crippen molar-refractivity contribution >= 4 is 0 Å². The van der Waals surface area contributed by atoms with Crippen LogP contribution < -0.4 is 9.47 Å². The molecule has 27 heavy (non-hydrogen) atoms. The molecule has 4 rings (SSSR count). The average Bonchev–Trinajstić information content (AvgIpc) is 3.02. The van der Waals surface area contributed by atoms with Crippen LogP contribution >= 0.6 is 0 Å². The zero-order valence-corrected chi connectivity index (χ0v) is 16.1. The van der Waals surface area contributed by atoms with Crippen molar-refractivity contribution in [2.75, 3.05) is 7.11 Å². The van der Waals surface area contributed by atoms with Gasteiger partial charge in [0.05, 0.1) is 12.8 Å². The Morgan fingerprint density at radius 2 is 1.89 bits per heavy atom. The fourth-order valence-electron chi connectivity index (χ4n) is 3.49. The zero-order valence-electron chi connectivity index (χ0n) is 16.1. The number of rotatable bonds is 4. The first-order valence-electron chi connectivity index (χ1n) is 9.35. The molecule has 1 aliphatic rings. The van der Waals surface area contributed by atoms with E-state index in [1.807, 2.05) is 24.3 Å².